The van der Waals surface area contributed by atoms with Gasteiger partial charge in [-0.25, -0.2) is 4.79 Å². The van der Waals surface area contributed by atoms with Gasteiger partial charge in [-0.2, -0.15) is 0 Å². The summed E-state index contributed by atoms with van der Waals surface area (Å²) in [6.07, 6.45) is 1.02. The van der Waals surface area contributed by atoms with Crippen molar-refractivity contribution in [1.82, 2.24) is 5.32 Å². The van der Waals surface area contributed by atoms with Crippen molar-refractivity contribution in [3.05, 3.63) is 5.32 Å². The van der Waals surface area contributed by atoms with Crippen LogP contribution in [0.1, 0.15) is 19.3 Å². The first kappa shape index (κ1) is 12.2. The Morgan fingerprint density at radius 2 is 1.93 bits per heavy atom. The number of ether oxygens (including phenoxy) is 1. The van der Waals surface area contributed by atoms with Crippen LogP contribution in [0.5, 0.6) is 0 Å². The summed E-state index contributed by atoms with van der Waals surface area (Å²) in [5, 5.41) is 6.27. The maximum Gasteiger partial charge on any atom is 0.414 e. The van der Waals surface area contributed by atoms with Crippen LogP contribution in [0, 0.1) is 35.6 Å². The van der Waals surface area contributed by atoms with E-state index in [9.17, 15) is 9.59 Å². The van der Waals surface area contributed by atoms with Crippen LogP contribution in [0.25, 0.3) is 5.32 Å². The van der Waals surface area contributed by atoms with Crippen LogP contribution in [0.4, 0.5) is 4.79 Å². The third-order valence-corrected chi connectivity index (χ3v) is 2.48. The third kappa shape index (κ3) is 2.56. The van der Waals surface area contributed by atoms with Crippen molar-refractivity contribution in [2.45, 2.75) is 24.9 Å². The zero-order valence-electron chi connectivity index (χ0n) is 7.78. The molecule has 2 aliphatic heterocycles. The van der Waals surface area contributed by atoms with Gasteiger partial charge < -0.3 is 10.1 Å². The van der Waals surface area contributed by atoms with Gasteiger partial charge in [0.25, 0.3) is 0 Å². The van der Waals surface area contributed by atoms with Crippen molar-refractivity contribution >= 4 is 12.0 Å². The van der Waals surface area contributed by atoms with Gasteiger partial charge >= 0.3 is 6.09 Å². The molecule has 2 amide bonds. The molecular formula is C8H11LaN2O3-. The van der Waals surface area contributed by atoms with Crippen LogP contribution < -0.4 is 5.32 Å². The topological polar surface area (TPSA) is 69.5 Å². The SMILES string of the molecule is O=C1CC2(CC[N-]CC2)OC(=O)N1.[La]. The number of alkyl carbamates (subject to hydrolysis) is 1. The molecule has 6 heteroatoms. The number of rotatable bonds is 0. The molecule has 0 aromatic heterocycles. The minimum atomic E-state index is -0.613. The molecule has 2 heterocycles. The largest absolute Gasteiger partial charge is 0.662 e. The summed E-state index contributed by atoms with van der Waals surface area (Å²) in [5.41, 5.74) is -0.554. The second-order valence-corrected chi connectivity index (χ2v) is 3.47. The molecule has 0 aliphatic carbocycles. The standard InChI is InChI=1S/C8H11N2O3.La/c11-6-5-8(13-7(12)10-6)1-3-9-4-2-8;/h1-5H2,(H,10,11,12);/q-1;. The quantitative estimate of drug-likeness (QED) is 0.708. The van der Waals surface area contributed by atoms with Crippen molar-refractivity contribution < 1.29 is 49.9 Å². The average Bonchev–Trinajstić information content (AvgIpc) is 2.02. The molecule has 0 bridgehead atoms. The first-order chi connectivity index (χ1) is 6.20. The number of piperidine rings is 1. The summed E-state index contributed by atoms with van der Waals surface area (Å²) >= 11 is 0. The minimum absolute atomic E-state index is 0. The van der Waals surface area contributed by atoms with Crippen molar-refractivity contribution in [3.8, 4) is 0 Å². The first-order valence-corrected chi connectivity index (χ1v) is 4.36. The van der Waals surface area contributed by atoms with E-state index < -0.39 is 11.7 Å². The summed E-state index contributed by atoms with van der Waals surface area (Å²) in [6, 6.07) is 0. The second-order valence-electron chi connectivity index (χ2n) is 3.47. The van der Waals surface area contributed by atoms with E-state index in [0.29, 0.717) is 25.9 Å². The maximum absolute atomic E-state index is 11.1. The number of amides is 2. The predicted molar refractivity (Wildman–Crippen MR) is 44.3 cm³/mol. The molecule has 0 saturated carbocycles. The number of carbonyl (C=O) groups is 2. The Morgan fingerprint density at radius 3 is 2.50 bits per heavy atom. The van der Waals surface area contributed by atoms with Gasteiger partial charge in [0.2, 0.25) is 5.91 Å². The van der Waals surface area contributed by atoms with Crippen LogP contribution >= 0.6 is 0 Å². The maximum atomic E-state index is 11.1. The molecule has 1 radical (unpaired) electrons. The molecule has 75 valence electrons. The van der Waals surface area contributed by atoms with Gasteiger partial charge in [0.15, 0.2) is 0 Å². The number of imide groups is 1. The average molecular weight is 322 g/mol. The fourth-order valence-electron chi connectivity index (χ4n) is 1.79. The molecule has 2 fully saturated rings. The molecular weight excluding hydrogens is 311 g/mol. The number of nitrogens with zero attached hydrogens (tertiary/aromatic N) is 1. The van der Waals surface area contributed by atoms with Gasteiger partial charge in [-0.15, -0.1) is 13.1 Å². The monoisotopic (exact) mass is 322 g/mol. The minimum Gasteiger partial charge on any atom is -0.662 e. The Balaban J connectivity index is 0.000000980. The second kappa shape index (κ2) is 4.74. The molecule has 1 spiro atoms. The Kier molecular flexibility index (Phi) is 4.12. The van der Waals surface area contributed by atoms with Crippen molar-refractivity contribution in [2.75, 3.05) is 13.1 Å². The summed E-state index contributed by atoms with van der Waals surface area (Å²) in [4.78, 5) is 22.1. The van der Waals surface area contributed by atoms with Crippen molar-refractivity contribution in [3.63, 3.8) is 0 Å². The molecule has 0 unspecified atom stereocenters. The molecule has 0 aromatic carbocycles. The smallest absolute Gasteiger partial charge is 0.414 e. The fourth-order valence-corrected chi connectivity index (χ4v) is 1.79. The van der Waals surface area contributed by atoms with Crippen LogP contribution in [0.2, 0.25) is 0 Å². The van der Waals surface area contributed by atoms with Gasteiger partial charge in [-0.05, 0) is 12.8 Å². The number of hydrogen-bond donors (Lipinski definition) is 1. The van der Waals surface area contributed by atoms with E-state index in [1.54, 1.807) is 0 Å². The van der Waals surface area contributed by atoms with E-state index in [0.717, 1.165) is 0 Å². The van der Waals surface area contributed by atoms with Crippen LogP contribution in [-0.2, 0) is 9.53 Å². The summed E-state index contributed by atoms with van der Waals surface area (Å²) in [5.74, 6) is -0.238. The molecule has 2 saturated heterocycles. The van der Waals surface area contributed by atoms with Crippen molar-refractivity contribution in [1.29, 1.82) is 0 Å². The van der Waals surface area contributed by atoms with E-state index >= 15 is 0 Å². The van der Waals surface area contributed by atoms with Crippen molar-refractivity contribution in [2.24, 2.45) is 0 Å². The zero-order chi connectivity index (χ0) is 9.31. The van der Waals surface area contributed by atoms with Crippen LogP contribution in [0.3, 0.4) is 0 Å². The van der Waals surface area contributed by atoms with Gasteiger partial charge in [-0.1, -0.05) is 0 Å². The Hall–Kier alpha value is 0.0948. The molecule has 5 nitrogen and oxygen atoms in total. The van der Waals surface area contributed by atoms with Gasteiger partial charge in [-0.3, -0.25) is 10.1 Å². The molecule has 14 heavy (non-hydrogen) atoms. The van der Waals surface area contributed by atoms with Gasteiger partial charge in [0, 0.05) is 35.6 Å². The van der Waals surface area contributed by atoms with E-state index in [1.165, 1.54) is 0 Å². The Morgan fingerprint density at radius 1 is 1.29 bits per heavy atom. The van der Waals surface area contributed by atoms with Crippen LogP contribution in [0.15, 0.2) is 0 Å². The third-order valence-electron chi connectivity index (χ3n) is 2.48. The molecule has 0 aromatic rings. The summed E-state index contributed by atoms with van der Waals surface area (Å²) in [6.45, 7) is 1.36. The van der Waals surface area contributed by atoms with Gasteiger partial charge in [0.05, 0.1) is 6.42 Å². The number of nitrogens with one attached hydrogen (secondary N) is 1. The predicted octanol–water partition coefficient (Wildman–Crippen LogP) is 0.549. The van der Waals surface area contributed by atoms with Crippen LogP contribution in [-0.4, -0.2) is 30.7 Å². The fraction of sp³-hybridized carbons (Fsp3) is 0.750. The molecule has 2 aliphatic rings. The first-order valence-electron chi connectivity index (χ1n) is 4.36. The summed E-state index contributed by atoms with van der Waals surface area (Å²) in [7, 11) is 0. The van der Waals surface area contributed by atoms with E-state index in [-0.39, 0.29) is 47.9 Å². The normalized spacial score (nSPS) is 24.9. The molecule has 1 N–H and O–H groups in total. The van der Waals surface area contributed by atoms with E-state index in [1.807, 2.05) is 0 Å². The number of carbonyl (C=O) groups excluding carboxylic acids is 2. The molecule has 2 rings (SSSR count). The van der Waals surface area contributed by atoms with Gasteiger partial charge in [0.1, 0.15) is 5.60 Å². The zero-order valence-corrected chi connectivity index (χ0v) is 11.4. The molecule has 0 atom stereocenters. The Bertz CT molecular complexity index is 233. The van der Waals surface area contributed by atoms with E-state index in [4.69, 9.17) is 4.74 Å². The number of hydrogen-bond acceptors (Lipinski definition) is 3. The van der Waals surface area contributed by atoms with E-state index in [2.05, 4.69) is 10.6 Å². The Labute approximate surface area is 110 Å². The summed E-state index contributed by atoms with van der Waals surface area (Å²) < 4.78 is 5.15.